The van der Waals surface area contributed by atoms with Gasteiger partial charge in [-0.25, -0.2) is 8.42 Å². The molecular weight excluding hydrogens is 740 g/mol. The van der Waals surface area contributed by atoms with Gasteiger partial charge in [-0.15, -0.1) is 5.59 Å². The molecule has 2 aliphatic heterocycles. The minimum atomic E-state index is -3.65. The summed E-state index contributed by atoms with van der Waals surface area (Å²) in [6.45, 7) is 5.76. The number of ether oxygens (including phenoxy) is 1. The number of morpholine rings is 1. The first-order valence-electron chi connectivity index (χ1n) is 18.4. The predicted molar refractivity (Wildman–Crippen MR) is 212 cm³/mol. The number of anilines is 1. The molecule has 12 nitrogen and oxygen atoms in total. The third-order valence-electron chi connectivity index (χ3n) is 10.4. The van der Waals surface area contributed by atoms with Crippen molar-refractivity contribution in [3.05, 3.63) is 130 Å². The van der Waals surface area contributed by atoms with E-state index in [2.05, 4.69) is 39.7 Å². The van der Waals surface area contributed by atoms with Crippen molar-refractivity contribution >= 4 is 38.9 Å². The highest BCUT2D eigenvalue weighted by Gasteiger charge is 2.34. The molecule has 3 N–H and O–H groups in total. The summed E-state index contributed by atoms with van der Waals surface area (Å²) in [5.41, 5.74) is 14.7. The summed E-state index contributed by atoms with van der Waals surface area (Å²) in [5, 5.41) is 2.16. The number of carbonyl (C=O) groups is 2. The number of nitrogens with one attached hydrogen (secondary N) is 1. The molecule has 55 heavy (non-hydrogen) atoms. The van der Waals surface area contributed by atoms with E-state index in [9.17, 15) is 18.0 Å². The number of hydrogen-bond donors (Lipinski definition) is 2. The van der Waals surface area contributed by atoms with E-state index >= 15 is 0 Å². The summed E-state index contributed by atoms with van der Waals surface area (Å²) >= 11 is 6.19. The van der Waals surface area contributed by atoms with Crippen LogP contribution in [0.15, 0.2) is 107 Å². The van der Waals surface area contributed by atoms with Gasteiger partial charge in [-0.2, -0.15) is 4.31 Å². The number of hydrazine groups is 1. The Morgan fingerprint density at radius 1 is 0.836 bits per heavy atom. The SMILES string of the molecule is CONN(CCCc1ccc(N2CCN(Cc3cc(S(=O)(=O)N4CCOCC4)ccc3-c3ccc(Cl)cc3)CC2)cc1)C1=C(N)C(=O)c2ccccc2C1=O. The standard InChI is InChI=1S/C41H45ClN6O6S/c1-53-44-48(39-38(43)40(49)36-6-2-3-7-37(36)41(39)50)18-4-5-29-8-14-33(15-9-29)46-21-19-45(20-22-46)28-31-27-34(55(51,52)47-23-25-54-26-24-47)16-17-35(31)30-10-12-32(42)13-11-30/h2-3,6-17,27,44H,4-5,18-26,28,43H2,1H3. The second-order valence-electron chi connectivity index (χ2n) is 13.8. The quantitative estimate of drug-likeness (QED) is 0.179. The van der Waals surface area contributed by atoms with Gasteiger partial charge in [0.15, 0.2) is 0 Å². The van der Waals surface area contributed by atoms with Crippen LogP contribution >= 0.6 is 11.6 Å². The first-order valence-corrected chi connectivity index (χ1v) is 20.2. The zero-order chi connectivity index (χ0) is 38.5. The average molecular weight is 785 g/mol. The van der Waals surface area contributed by atoms with Gasteiger partial charge in [-0.1, -0.05) is 66.2 Å². The summed E-state index contributed by atoms with van der Waals surface area (Å²) in [7, 11) is -2.21. The number of nitrogens with zero attached hydrogens (tertiary/aromatic N) is 4. The second-order valence-corrected chi connectivity index (χ2v) is 16.2. The third kappa shape index (κ3) is 8.48. The fourth-order valence-corrected chi connectivity index (χ4v) is 8.98. The molecule has 4 aromatic carbocycles. The number of sulfonamides is 1. The van der Waals surface area contributed by atoms with Crippen molar-refractivity contribution in [1.82, 2.24) is 19.8 Å². The molecule has 14 heteroatoms. The predicted octanol–water partition coefficient (Wildman–Crippen LogP) is 4.90. The molecule has 0 bridgehead atoms. The van der Waals surface area contributed by atoms with E-state index in [0.29, 0.717) is 66.9 Å². The lowest BCUT2D eigenvalue weighted by atomic mass is 9.90. The lowest BCUT2D eigenvalue weighted by molar-refractivity contribution is -0.0363. The molecule has 2 fully saturated rings. The zero-order valence-electron chi connectivity index (χ0n) is 30.7. The molecule has 0 saturated carbocycles. The number of Topliss-reactive ketones (excluding diaryl/α,β-unsaturated/α-hetero) is 2. The first-order chi connectivity index (χ1) is 26.6. The van der Waals surface area contributed by atoms with Crippen molar-refractivity contribution in [2.45, 2.75) is 24.3 Å². The lowest BCUT2D eigenvalue weighted by Gasteiger charge is -2.36. The van der Waals surface area contributed by atoms with Gasteiger partial charge in [-0.05, 0) is 71.5 Å². The fraction of sp³-hybridized carbons (Fsp3) is 0.317. The van der Waals surface area contributed by atoms with E-state index < -0.39 is 10.0 Å². The number of fused-ring (bicyclic) bond motifs is 1. The van der Waals surface area contributed by atoms with Gasteiger partial charge in [-0.3, -0.25) is 24.3 Å². The van der Waals surface area contributed by atoms with Crippen molar-refractivity contribution < 1.29 is 27.6 Å². The molecule has 2 saturated heterocycles. The van der Waals surface area contributed by atoms with E-state index in [1.165, 1.54) is 16.4 Å². The van der Waals surface area contributed by atoms with Crippen molar-refractivity contribution in [3.63, 3.8) is 0 Å². The monoisotopic (exact) mass is 784 g/mol. The van der Waals surface area contributed by atoms with E-state index in [1.807, 2.05) is 36.4 Å². The van der Waals surface area contributed by atoms with Crippen LogP contribution in [-0.2, 0) is 32.6 Å². The number of ketones is 2. The largest absolute Gasteiger partial charge is 0.394 e. The summed E-state index contributed by atoms with van der Waals surface area (Å²) < 4.78 is 34.1. The molecule has 0 atom stereocenters. The van der Waals surface area contributed by atoms with Crippen molar-refractivity contribution in [2.24, 2.45) is 5.73 Å². The number of hydrogen-bond acceptors (Lipinski definition) is 11. The van der Waals surface area contributed by atoms with E-state index in [-0.39, 0.29) is 23.0 Å². The molecule has 4 aromatic rings. The maximum Gasteiger partial charge on any atom is 0.243 e. The number of halogens is 1. The molecule has 0 unspecified atom stereocenters. The maximum atomic E-state index is 13.6. The van der Waals surface area contributed by atoms with Gasteiger partial charge in [0.05, 0.1) is 25.2 Å². The Labute approximate surface area is 327 Å². The van der Waals surface area contributed by atoms with Crippen molar-refractivity contribution in [1.29, 1.82) is 0 Å². The summed E-state index contributed by atoms with van der Waals surface area (Å²) in [4.78, 5) is 36.5. The Bertz CT molecular complexity index is 2170. The average Bonchev–Trinajstić information content (AvgIpc) is 3.21. The molecule has 1 aliphatic carbocycles. The minimum absolute atomic E-state index is 0.0898. The third-order valence-corrected chi connectivity index (χ3v) is 12.5. The second kappa shape index (κ2) is 17.0. The number of allylic oxidation sites excluding steroid dienone is 2. The van der Waals surface area contributed by atoms with Crippen LogP contribution in [0.2, 0.25) is 5.02 Å². The summed E-state index contributed by atoms with van der Waals surface area (Å²) in [5.74, 6) is -0.703. The highest BCUT2D eigenvalue weighted by molar-refractivity contribution is 7.89. The Morgan fingerprint density at radius 3 is 2.18 bits per heavy atom. The van der Waals surface area contributed by atoms with Gasteiger partial charge in [0, 0.05) is 74.2 Å². The molecule has 7 rings (SSSR count). The van der Waals surface area contributed by atoms with Crippen LogP contribution in [0.1, 0.15) is 38.3 Å². The van der Waals surface area contributed by atoms with Crippen LogP contribution in [0, 0.1) is 0 Å². The minimum Gasteiger partial charge on any atom is -0.394 e. The number of rotatable bonds is 13. The van der Waals surface area contributed by atoms with Gasteiger partial charge >= 0.3 is 0 Å². The number of benzene rings is 4. The van der Waals surface area contributed by atoms with Gasteiger partial charge in [0.25, 0.3) is 0 Å². The summed E-state index contributed by atoms with van der Waals surface area (Å²) in [6, 6.07) is 28.3. The number of nitrogens with two attached hydrogens (primary N) is 1. The highest BCUT2D eigenvalue weighted by Crippen LogP contribution is 2.31. The van der Waals surface area contributed by atoms with Crippen LogP contribution in [0.25, 0.3) is 11.1 Å². The molecule has 0 aromatic heterocycles. The fourth-order valence-electron chi connectivity index (χ4n) is 7.39. The molecule has 0 radical (unpaired) electrons. The summed E-state index contributed by atoms with van der Waals surface area (Å²) in [6.07, 6.45) is 1.40. The smallest absolute Gasteiger partial charge is 0.243 e. The maximum absolute atomic E-state index is 13.6. The molecule has 0 spiro atoms. The van der Waals surface area contributed by atoms with Gasteiger partial charge in [0.2, 0.25) is 21.6 Å². The Hall–Kier alpha value is -4.60. The Kier molecular flexibility index (Phi) is 12.0. The van der Waals surface area contributed by atoms with E-state index in [0.717, 1.165) is 60.5 Å². The number of carbonyl (C=O) groups excluding carboxylic acids is 2. The van der Waals surface area contributed by atoms with Gasteiger partial charge in [0.1, 0.15) is 11.4 Å². The van der Waals surface area contributed by atoms with Crippen LogP contribution in [0.5, 0.6) is 0 Å². The number of piperazine rings is 1. The zero-order valence-corrected chi connectivity index (χ0v) is 32.3. The van der Waals surface area contributed by atoms with Crippen LogP contribution in [-0.4, -0.2) is 100 Å². The Balaban J connectivity index is 0.972. The molecule has 2 heterocycles. The molecule has 3 aliphatic rings. The topological polar surface area (TPSA) is 138 Å². The van der Waals surface area contributed by atoms with Crippen molar-refractivity contribution in [2.75, 3.05) is 71.0 Å². The number of aryl methyl sites for hydroxylation is 1. The Morgan fingerprint density at radius 2 is 1.51 bits per heavy atom. The van der Waals surface area contributed by atoms with E-state index in [4.69, 9.17) is 26.9 Å². The van der Waals surface area contributed by atoms with Crippen LogP contribution < -0.4 is 16.2 Å². The van der Waals surface area contributed by atoms with Crippen LogP contribution in [0.4, 0.5) is 5.69 Å². The first kappa shape index (κ1) is 38.7. The lowest BCUT2D eigenvalue weighted by Crippen LogP contribution is -2.46. The van der Waals surface area contributed by atoms with E-state index in [1.54, 1.807) is 30.3 Å². The molecular formula is C41H45ClN6O6S. The van der Waals surface area contributed by atoms with Crippen molar-refractivity contribution in [3.8, 4) is 11.1 Å². The highest BCUT2D eigenvalue weighted by atomic mass is 35.5. The molecule has 288 valence electrons. The molecule has 0 amide bonds. The van der Waals surface area contributed by atoms with Gasteiger partial charge < -0.3 is 15.4 Å². The van der Waals surface area contributed by atoms with Crippen LogP contribution in [0.3, 0.4) is 0 Å². The normalized spacial score (nSPS) is 17.1.